The summed E-state index contributed by atoms with van der Waals surface area (Å²) in [6, 6.07) is 19.2. The van der Waals surface area contributed by atoms with E-state index in [0.29, 0.717) is 5.92 Å². The lowest BCUT2D eigenvalue weighted by atomic mass is 9.86. The molecular weight excluding hydrogens is 392 g/mol. The number of aromatic nitrogens is 1. The van der Waals surface area contributed by atoms with Crippen LogP contribution in [0.2, 0.25) is 0 Å². The molecule has 5 rings (SSSR count). The van der Waals surface area contributed by atoms with Gasteiger partial charge in [0.1, 0.15) is 0 Å². The van der Waals surface area contributed by atoms with E-state index in [1.807, 2.05) is 25.3 Å². The van der Waals surface area contributed by atoms with Gasteiger partial charge < -0.3 is 9.80 Å². The normalized spacial score (nSPS) is 19.0. The van der Waals surface area contributed by atoms with E-state index in [2.05, 4.69) is 70.4 Å². The van der Waals surface area contributed by atoms with Crippen LogP contribution in [0.4, 0.5) is 0 Å². The largest absolute Gasteiger partial charge is 0.342 e. The molecule has 4 nitrogen and oxygen atoms in total. The summed E-state index contributed by atoms with van der Waals surface area (Å²) in [5.41, 5.74) is 5.37. The second-order valence-electron chi connectivity index (χ2n) is 8.60. The molecule has 1 fully saturated rings. The van der Waals surface area contributed by atoms with Crippen molar-refractivity contribution in [3.63, 3.8) is 0 Å². The average Bonchev–Trinajstić information content (AvgIpc) is 2.85. The monoisotopic (exact) mass is 420 g/mol. The first-order valence-corrected chi connectivity index (χ1v) is 11.2. The van der Waals surface area contributed by atoms with Gasteiger partial charge in [0.2, 0.25) is 5.96 Å². The Labute approximate surface area is 189 Å². The summed E-state index contributed by atoms with van der Waals surface area (Å²) in [6.07, 6.45) is 7.90. The van der Waals surface area contributed by atoms with Crippen LogP contribution in [0.5, 0.6) is 0 Å². The number of hydrogen-bond donors (Lipinski definition) is 0. The minimum Gasteiger partial charge on any atom is -0.342 e. The standard InChI is InChI=1S/C28H28N4/c1-20-17-27(23-12-14-29-15-13-23)30-28(31(20)3)32-16-6-9-26(19-32)21(2)24-11-10-22-7-4-5-8-25(22)18-24/h4-5,7-8,10-15,17-18,26H,1-2,6,9,16,19H2,3H3. The summed E-state index contributed by atoms with van der Waals surface area (Å²) in [6.45, 7) is 10.7. The zero-order chi connectivity index (χ0) is 22.1. The SMILES string of the molecule is C=C(c1ccc2ccccc2c1)C1CCCN(C2=NC(c3ccncc3)=CC(=C)N2C)C1. The summed E-state index contributed by atoms with van der Waals surface area (Å²) in [7, 11) is 2.04. The Balaban J connectivity index is 1.40. The maximum Gasteiger partial charge on any atom is 0.206 e. The van der Waals surface area contributed by atoms with Gasteiger partial charge in [-0.1, -0.05) is 49.6 Å². The van der Waals surface area contributed by atoms with Gasteiger partial charge in [-0.2, -0.15) is 0 Å². The number of aliphatic imine (C=N–C) groups is 1. The Bertz CT molecular complexity index is 1240. The number of guanidine groups is 1. The lowest BCUT2D eigenvalue weighted by Crippen LogP contribution is -2.47. The fourth-order valence-electron chi connectivity index (χ4n) is 4.62. The van der Waals surface area contributed by atoms with Crippen LogP contribution in [0.3, 0.4) is 0 Å². The van der Waals surface area contributed by atoms with Crippen LogP contribution in [0, 0.1) is 5.92 Å². The van der Waals surface area contributed by atoms with Crippen molar-refractivity contribution in [1.29, 1.82) is 0 Å². The fraction of sp³-hybridized carbons (Fsp3) is 0.214. The lowest BCUT2D eigenvalue weighted by Gasteiger charge is -2.40. The summed E-state index contributed by atoms with van der Waals surface area (Å²) in [5.74, 6) is 1.35. The Morgan fingerprint density at radius 3 is 2.62 bits per heavy atom. The molecule has 0 spiro atoms. The molecule has 2 aliphatic rings. The minimum absolute atomic E-state index is 0.393. The van der Waals surface area contributed by atoms with E-state index >= 15 is 0 Å². The zero-order valence-electron chi connectivity index (χ0n) is 18.5. The number of fused-ring (bicyclic) bond motifs is 1. The first-order chi connectivity index (χ1) is 15.6. The molecule has 2 aliphatic heterocycles. The molecule has 160 valence electrons. The number of piperidine rings is 1. The molecule has 0 bridgehead atoms. The molecule has 1 saturated heterocycles. The van der Waals surface area contributed by atoms with E-state index in [4.69, 9.17) is 4.99 Å². The van der Waals surface area contributed by atoms with Gasteiger partial charge in [-0.3, -0.25) is 4.98 Å². The van der Waals surface area contributed by atoms with E-state index in [1.165, 1.54) is 21.9 Å². The van der Waals surface area contributed by atoms with Gasteiger partial charge >= 0.3 is 0 Å². The second-order valence-corrected chi connectivity index (χ2v) is 8.60. The summed E-state index contributed by atoms with van der Waals surface area (Å²) >= 11 is 0. The zero-order valence-corrected chi connectivity index (χ0v) is 18.5. The van der Waals surface area contributed by atoms with Crippen LogP contribution in [0.25, 0.3) is 22.0 Å². The van der Waals surface area contributed by atoms with E-state index < -0.39 is 0 Å². The highest BCUT2D eigenvalue weighted by Crippen LogP contribution is 2.33. The number of likely N-dealkylation sites (N-methyl/N-ethyl adjacent to an activating group) is 1. The number of hydrogen-bond acceptors (Lipinski definition) is 4. The quantitative estimate of drug-likeness (QED) is 0.535. The van der Waals surface area contributed by atoms with Crippen molar-refractivity contribution >= 4 is 28.0 Å². The average molecular weight is 421 g/mol. The molecule has 3 heterocycles. The van der Waals surface area contributed by atoms with Crippen LogP contribution in [-0.4, -0.2) is 40.9 Å². The van der Waals surface area contributed by atoms with Crippen molar-refractivity contribution < 1.29 is 0 Å². The second kappa shape index (κ2) is 8.46. The number of benzene rings is 2. The molecule has 1 atom stereocenters. The number of nitrogens with zero attached hydrogens (tertiary/aromatic N) is 4. The molecule has 32 heavy (non-hydrogen) atoms. The molecule has 0 radical (unpaired) electrons. The Morgan fingerprint density at radius 1 is 1.03 bits per heavy atom. The van der Waals surface area contributed by atoms with Crippen molar-refractivity contribution in [3.8, 4) is 0 Å². The fourth-order valence-corrected chi connectivity index (χ4v) is 4.62. The molecule has 0 amide bonds. The number of pyridine rings is 1. The van der Waals surface area contributed by atoms with Crippen molar-refractivity contribution in [2.75, 3.05) is 20.1 Å². The maximum absolute atomic E-state index is 5.03. The maximum atomic E-state index is 5.03. The number of rotatable bonds is 3. The van der Waals surface area contributed by atoms with Crippen molar-refractivity contribution in [2.45, 2.75) is 12.8 Å². The van der Waals surface area contributed by atoms with Crippen LogP contribution in [-0.2, 0) is 0 Å². The molecule has 4 heteroatoms. The van der Waals surface area contributed by atoms with Crippen LogP contribution >= 0.6 is 0 Å². The first-order valence-electron chi connectivity index (χ1n) is 11.2. The van der Waals surface area contributed by atoms with Gasteiger partial charge in [0, 0.05) is 49.7 Å². The lowest BCUT2D eigenvalue weighted by molar-refractivity contribution is 0.275. The van der Waals surface area contributed by atoms with Gasteiger partial charge in [0.05, 0.1) is 5.70 Å². The van der Waals surface area contributed by atoms with E-state index in [0.717, 1.165) is 48.8 Å². The van der Waals surface area contributed by atoms with Crippen LogP contribution < -0.4 is 0 Å². The molecule has 0 aliphatic carbocycles. The molecular formula is C28H28N4. The molecule has 2 aromatic carbocycles. The van der Waals surface area contributed by atoms with Gasteiger partial charge in [-0.05, 0) is 59.0 Å². The highest BCUT2D eigenvalue weighted by atomic mass is 15.4. The van der Waals surface area contributed by atoms with Crippen molar-refractivity contribution in [1.82, 2.24) is 14.8 Å². The van der Waals surface area contributed by atoms with Crippen LogP contribution in [0.1, 0.15) is 24.0 Å². The molecule has 3 aromatic rings. The third kappa shape index (κ3) is 3.84. The summed E-state index contributed by atoms with van der Waals surface area (Å²) in [4.78, 5) is 13.6. The number of allylic oxidation sites excluding steroid dienone is 1. The third-order valence-corrected chi connectivity index (χ3v) is 6.55. The highest BCUT2D eigenvalue weighted by molar-refractivity contribution is 5.91. The van der Waals surface area contributed by atoms with E-state index in [1.54, 1.807) is 12.4 Å². The predicted octanol–water partition coefficient (Wildman–Crippen LogP) is 5.82. The molecule has 0 N–H and O–H groups in total. The number of likely N-dealkylation sites (tertiary alicyclic amines) is 1. The van der Waals surface area contributed by atoms with Gasteiger partial charge in [0.25, 0.3) is 0 Å². The Kier molecular flexibility index (Phi) is 5.36. The molecule has 1 aromatic heterocycles. The molecule has 1 unspecified atom stereocenters. The van der Waals surface area contributed by atoms with E-state index in [-0.39, 0.29) is 0 Å². The van der Waals surface area contributed by atoms with Gasteiger partial charge in [0.15, 0.2) is 0 Å². The minimum atomic E-state index is 0.393. The molecule has 0 saturated carbocycles. The van der Waals surface area contributed by atoms with Crippen molar-refractivity contribution in [2.24, 2.45) is 10.9 Å². The smallest absolute Gasteiger partial charge is 0.206 e. The Hall–Kier alpha value is -3.66. The topological polar surface area (TPSA) is 31.7 Å². The summed E-state index contributed by atoms with van der Waals surface area (Å²) < 4.78 is 0. The highest BCUT2D eigenvalue weighted by Gasteiger charge is 2.29. The third-order valence-electron chi connectivity index (χ3n) is 6.55. The van der Waals surface area contributed by atoms with Crippen LogP contribution in [0.15, 0.2) is 96.9 Å². The Morgan fingerprint density at radius 2 is 1.81 bits per heavy atom. The van der Waals surface area contributed by atoms with Gasteiger partial charge in [-0.15, -0.1) is 0 Å². The van der Waals surface area contributed by atoms with Crippen molar-refractivity contribution in [3.05, 3.63) is 103 Å². The van der Waals surface area contributed by atoms with E-state index in [9.17, 15) is 0 Å². The van der Waals surface area contributed by atoms with Gasteiger partial charge in [-0.25, -0.2) is 4.99 Å². The predicted molar refractivity (Wildman–Crippen MR) is 134 cm³/mol. The first kappa shape index (κ1) is 20.3. The summed E-state index contributed by atoms with van der Waals surface area (Å²) in [5, 5.41) is 2.53.